The Labute approximate surface area is 73.0 Å². The summed E-state index contributed by atoms with van der Waals surface area (Å²) in [5.74, 6) is 0.153. The Kier molecular flexibility index (Phi) is 3.45. The highest BCUT2D eigenvalue weighted by Crippen LogP contribution is 1.89. The topological polar surface area (TPSA) is 70.2 Å². The van der Waals surface area contributed by atoms with Crippen molar-refractivity contribution in [2.45, 2.75) is 6.04 Å². The molecule has 0 amide bonds. The van der Waals surface area contributed by atoms with Crippen LogP contribution in [0.2, 0.25) is 0 Å². The molecule has 1 heterocycles. The van der Waals surface area contributed by atoms with Gasteiger partial charge in [0.2, 0.25) is 10.0 Å². The fourth-order valence-corrected chi connectivity index (χ4v) is 1.52. The molecule has 1 aliphatic heterocycles. The molecule has 0 aromatic carbocycles. The third-order valence-corrected chi connectivity index (χ3v) is 3.26. The zero-order valence-corrected chi connectivity index (χ0v) is 7.95. The van der Waals surface area contributed by atoms with E-state index in [-0.39, 0.29) is 5.75 Å². The average molecular weight is 193 g/mol. The summed E-state index contributed by atoms with van der Waals surface area (Å²) in [5.41, 5.74) is 0. The fraction of sp³-hybridized carbons (Fsp3) is 1.00. The van der Waals surface area contributed by atoms with Gasteiger partial charge in [-0.05, 0) is 7.05 Å². The molecule has 0 aliphatic carbocycles. The van der Waals surface area contributed by atoms with E-state index in [1.54, 1.807) is 0 Å². The molecule has 0 unspecified atom stereocenters. The van der Waals surface area contributed by atoms with Crippen molar-refractivity contribution in [3.05, 3.63) is 0 Å². The SMILES string of the molecule is CNS(=O)(=O)CCNC1CNC1. The van der Waals surface area contributed by atoms with Crippen molar-refractivity contribution in [3.8, 4) is 0 Å². The molecule has 72 valence electrons. The molecule has 5 nitrogen and oxygen atoms in total. The van der Waals surface area contributed by atoms with Crippen molar-refractivity contribution < 1.29 is 8.42 Å². The highest BCUT2D eigenvalue weighted by atomic mass is 32.2. The Morgan fingerprint density at radius 2 is 2.17 bits per heavy atom. The lowest BCUT2D eigenvalue weighted by atomic mass is 10.2. The summed E-state index contributed by atoms with van der Waals surface area (Å²) in [5, 5.41) is 6.22. The number of hydrogen-bond donors (Lipinski definition) is 3. The first-order valence-corrected chi connectivity index (χ1v) is 5.64. The minimum atomic E-state index is -3.03. The molecule has 0 bridgehead atoms. The molecule has 12 heavy (non-hydrogen) atoms. The minimum absolute atomic E-state index is 0.153. The van der Waals surface area contributed by atoms with Gasteiger partial charge >= 0.3 is 0 Å². The molecular formula is C6H15N3O2S. The Morgan fingerprint density at radius 1 is 1.50 bits per heavy atom. The first-order valence-electron chi connectivity index (χ1n) is 3.99. The molecule has 0 spiro atoms. The van der Waals surface area contributed by atoms with E-state index in [0.717, 1.165) is 13.1 Å². The van der Waals surface area contributed by atoms with E-state index in [1.807, 2.05) is 0 Å². The number of rotatable bonds is 5. The summed E-state index contributed by atoms with van der Waals surface area (Å²) in [7, 11) is -1.60. The molecule has 0 aromatic rings. The monoisotopic (exact) mass is 193 g/mol. The largest absolute Gasteiger partial charge is 0.314 e. The van der Waals surface area contributed by atoms with Crippen LogP contribution in [-0.2, 0) is 10.0 Å². The van der Waals surface area contributed by atoms with Crippen LogP contribution in [0.4, 0.5) is 0 Å². The zero-order valence-electron chi connectivity index (χ0n) is 7.13. The first kappa shape index (κ1) is 9.91. The van der Waals surface area contributed by atoms with E-state index in [4.69, 9.17) is 0 Å². The maximum atomic E-state index is 10.9. The van der Waals surface area contributed by atoms with E-state index in [0.29, 0.717) is 12.6 Å². The predicted molar refractivity (Wildman–Crippen MR) is 47.5 cm³/mol. The molecule has 0 aromatic heterocycles. The molecule has 0 radical (unpaired) electrons. The second-order valence-electron chi connectivity index (χ2n) is 2.83. The van der Waals surface area contributed by atoms with Crippen LogP contribution in [0.3, 0.4) is 0 Å². The minimum Gasteiger partial charge on any atom is -0.314 e. The second-order valence-corrected chi connectivity index (χ2v) is 4.88. The van der Waals surface area contributed by atoms with E-state index in [1.165, 1.54) is 7.05 Å². The van der Waals surface area contributed by atoms with Gasteiger partial charge < -0.3 is 10.6 Å². The van der Waals surface area contributed by atoms with Gasteiger partial charge in [0.1, 0.15) is 0 Å². The third-order valence-electron chi connectivity index (χ3n) is 1.90. The van der Waals surface area contributed by atoms with E-state index >= 15 is 0 Å². The summed E-state index contributed by atoms with van der Waals surface area (Å²) in [6.07, 6.45) is 0. The molecule has 3 N–H and O–H groups in total. The lowest BCUT2D eigenvalue weighted by molar-refractivity contribution is 0.374. The molecule has 1 rings (SSSR count). The van der Waals surface area contributed by atoms with Crippen LogP contribution < -0.4 is 15.4 Å². The Hall–Kier alpha value is -0.170. The highest BCUT2D eigenvalue weighted by Gasteiger charge is 2.16. The van der Waals surface area contributed by atoms with Gasteiger partial charge in [-0.25, -0.2) is 13.1 Å². The Balaban J connectivity index is 2.08. The van der Waals surface area contributed by atoms with Gasteiger partial charge in [-0.15, -0.1) is 0 Å². The van der Waals surface area contributed by atoms with Crippen molar-refractivity contribution in [3.63, 3.8) is 0 Å². The summed E-state index contributed by atoms with van der Waals surface area (Å²) in [4.78, 5) is 0. The number of nitrogens with one attached hydrogen (secondary N) is 3. The van der Waals surface area contributed by atoms with E-state index in [9.17, 15) is 8.42 Å². The fourth-order valence-electron chi connectivity index (χ4n) is 0.932. The van der Waals surface area contributed by atoms with Gasteiger partial charge in [-0.1, -0.05) is 0 Å². The average Bonchev–Trinajstić information content (AvgIpc) is 1.95. The molecule has 0 saturated carbocycles. The van der Waals surface area contributed by atoms with Crippen LogP contribution in [0.15, 0.2) is 0 Å². The number of sulfonamides is 1. The van der Waals surface area contributed by atoms with Gasteiger partial charge in [-0.3, -0.25) is 0 Å². The summed E-state index contributed by atoms with van der Waals surface area (Å²) in [6.45, 7) is 2.41. The number of hydrogen-bond acceptors (Lipinski definition) is 4. The lowest BCUT2D eigenvalue weighted by Crippen LogP contribution is -2.56. The standard InChI is InChI=1S/C6H15N3O2S/c1-7-12(10,11)3-2-9-6-4-8-5-6/h6-9H,2-5H2,1H3. The predicted octanol–water partition coefficient (Wildman–Crippen LogP) is -1.90. The molecule has 6 heteroatoms. The maximum Gasteiger partial charge on any atom is 0.212 e. The van der Waals surface area contributed by atoms with E-state index in [2.05, 4.69) is 15.4 Å². The van der Waals surface area contributed by atoms with Crippen LogP contribution in [0.5, 0.6) is 0 Å². The van der Waals surface area contributed by atoms with Gasteiger partial charge in [0, 0.05) is 25.7 Å². The van der Waals surface area contributed by atoms with Crippen molar-refractivity contribution in [1.82, 2.24) is 15.4 Å². The smallest absolute Gasteiger partial charge is 0.212 e. The maximum absolute atomic E-state index is 10.9. The van der Waals surface area contributed by atoms with Crippen molar-refractivity contribution in [2.24, 2.45) is 0 Å². The van der Waals surface area contributed by atoms with Crippen LogP contribution in [0, 0.1) is 0 Å². The quantitative estimate of drug-likeness (QED) is 0.477. The van der Waals surface area contributed by atoms with Crippen molar-refractivity contribution in [1.29, 1.82) is 0 Å². The van der Waals surface area contributed by atoms with Crippen LogP contribution in [0.1, 0.15) is 0 Å². The van der Waals surface area contributed by atoms with Crippen LogP contribution >= 0.6 is 0 Å². The van der Waals surface area contributed by atoms with Crippen molar-refractivity contribution in [2.75, 3.05) is 32.4 Å². The van der Waals surface area contributed by atoms with Crippen molar-refractivity contribution >= 4 is 10.0 Å². The van der Waals surface area contributed by atoms with Gasteiger partial charge in [-0.2, -0.15) is 0 Å². The summed E-state index contributed by atoms with van der Waals surface area (Å²) < 4.78 is 24.1. The normalized spacial score (nSPS) is 19.1. The molecular weight excluding hydrogens is 178 g/mol. The van der Waals surface area contributed by atoms with Crippen LogP contribution in [-0.4, -0.2) is 46.9 Å². The second kappa shape index (κ2) is 4.18. The van der Waals surface area contributed by atoms with Gasteiger partial charge in [0.25, 0.3) is 0 Å². The van der Waals surface area contributed by atoms with Gasteiger partial charge in [0.05, 0.1) is 5.75 Å². The third kappa shape index (κ3) is 3.06. The molecule has 1 aliphatic rings. The lowest BCUT2D eigenvalue weighted by Gasteiger charge is -2.27. The molecule has 0 atom stereocenters. The zero-order chi connectivity index (χ0) is 9.03. The molecule has 1 saturated heterocycles. The first-order chi connectivity index (χ1) is 5.64. The highest BCUT2D eigenvalue weighted by molar-refractivity contribution is 7.89. The Bertz CT molecular complexity index is 223. The molecule has 1 fully saturated rings. The summed E-state index contributed by atoms with van der Waals surface area (Å²) in [6, 6.07) is 0.456. The Morgan fingerprint density at radius 3 is 2.58 bits per heavy atom. The van der Waals surface area contributed by atoms with Gasteiger partial charge in [0.15, 0.2) is 0 Å². The van der Waals surface area contributed by atoms with E-state index < -0.39 is 10.0 Å². The van der Waals surface area contributed by atoms with Crippen LogP contribution in [0.25, 0.3) is 0 Å². The summed E-state index contributed by atoms with van der Waals surface area (Å²) >= 11 is 0.